The summed E-state index contributed by atoms with van der Waals surface area (Å²) in [6.45, 7) is 0. The molecule has 2 aliphatic rings. The zero-order valence-electron chi connectivity index (χ0n) is 10.9. The summed E-state index contributed by atoms with van der Waals surface area (Å²) in [4.78, 5) is 16.4. The predicted molar refractivity (Wildman–Crippen MR) is 79.6 cm³/mol. The number of hydrogen-bond acceptors (Lipinski definition) is 2. The number of fused-ring (bicyclic) bond motifs is 1. The van der Waals surface area contributed by atoms with Crippen molar-refractivity contribution in [1.82, 2.24) is 4.98 Å². The fraction of sp³-hybridized carbons (Fsp3) is 0.0588. The second-order valence-electron chi connectivity index (χ2n) is 4.60. The first-order valence-corrected chi connectivity index (χ1v) is 6.51. The van der Waals surface area contributed by atoms with Gasteiger partial charge in [-0.2, -0.15) is 0 Å². The largest absolute Gasteiger partial charge is 0.310 e. The van der Waals surface area contributed by atoms with E-state index in [2.05, 4.69) is 10.3 Å². The van der Waals surface area contributed by atoms with Gasteiger partial charge in [0.25, 0.3) is 0 Å². The predicted octanol–water partition coefficient (Wildman–Crippen LogP) is 3.37. The molecule has 0 saturated heterocycles. The quantitative estimate of drug-likeness (QED) is 0.786. The molecular weight excluding hydrogens is 248 g/mol. The molecule has 20 heavy (non-hydrogen) atoms. The van der Waals surface area contributed by atoms with Crippen molar-refractivity contribution in [2.45, 2.75) is 6.42 Å². The summed E-state index contributed by atoms with van der Waals surface area (Å²) >= 11 is 0. The topological polar surface area (TPSA) is 42.0 Å². The summed E-state index contributed by atoms with van der Waals surface area (Å²) < 4.78 is 0. The third-order valence-electron chi connectivity index (χ3n) is 3.06. The van der Waals surface area contributed by atoms with Crippen LogP contribution in [0, 0.1) is 0 Å². The Balaban J connectivity index is 1.74. The summed E-state index contributed by atoms with van der Waals surface area (Å²) in [5.74, 6) is 0.551. The molecule has 3 nitrogen and oxygen atoms in total. The molecule has 1 heterocycles. The van der Waals surface area contributed by atoms with Gasteiger partial charge in [-0.25, -0.2) is 4.98 Å². The molecule has 0 spiro atoms. The number of nitrogens with zero attached hydrogens (tertiary/aromatic N) is 1. The number of aromatic nitrogens is 1. The van der Waals surface area contributed by atoms with Crippen molar-refractivity contribution in [2.24, 2.45) is 0 Å². The third-order valence-corrected chi connectivity index (χ3v) is 3.06. The molecule has 98 valence electrons. The van der Waals surface area contributed by atoms with Gasteiger partial charge in [-0.3, -0.25) is 4.79 Å². The first kappa shape index (κ1) is 12.4. The van der Waals surface area contributed by atoms with Crippen molar-refractivity contribution >= 4 is 11.7 Å². The Hall–Kier alpha value is -2.68. The molecular formula is C17H14N2O. The number of nitrogens with one attached hydrogen (secondary N) is 1. The minimum Gasteiger partial charge on any atom is -0.310 e. The number of hydrogen-bond donors (Lipinski definition) is 1. The summed E-state index contributed by atoms with van der Waals surface area (Å²) in [7, 11) is 0. The molecule has 1 aromatic rings. The standard InChI is InChI=1S/C17H14N2O/c20-17(11-13-7-3-1-4-8-13)19-16-12-14-9-5-2-6-10-15(14)18-16/h1-10,12H,11H2,(H,18,19,20). The molecule has 1 aliphatic carbocycles. The van der Waals surface area contributed by atoms with Crippen molar-refractivity contribution in [1.29, 1.82) is 0 Å². The van der Waals surface area contributed by atoms with E-state index >= 15 is 0 Å². The van der Waals surface area contributed by atoms with E-state index < -0.39 is 0 Å². The number of rotatable bonds is 3. The van der Waals surface area contributed by atoms with Crippen molar-refractivity contribution in [3.63, 3.8) is 0 Å². The first-order valence-electron chi connectivity index (χ1n) is 6.51. The van der Waals surface area contributed by atoms with Crippen molar-refractivity contribution in [2.75, 3.05) is 5.32 Å². The minimum atomic E-state index is -0.0524. The number of anilines is 1. The number of amides is 1. The molecule has 1 aliphatic heterocycles. The highest BCUT2D eigenvalue weighted by atomic mass is 16.1. The van der Waals surface area contributed by atoms with Gasteiger partial charge in [0, 0.05) is 5.56 Å². The van der Waals surface area contributed by atoms with E-state index in [1.807, 2.05) is 66.7 Å². The Morgan fingerprint density at radius 1 is 0.950 bits per heavy atom. The van der Waals surface area contributed by atoms with Gasteiger partial charge in [-0.15, -0.1) is 0 Å². The Morgan fingerprint density at radius 3 is 2.45 bits per heavy atom. The van der Waals surface area contributed by atoms with Crippen LogP contribution in [-0.4, -0.2) is 10.9 Å². The summed E-state index contributed by atoms with van der Waals surface area (Å²) in [5.41, 5.74) is 2.89. The van der Waals surface area contributed by atoms with Crippen LogP contribution in [0.5, 0.6) is 0 Å². The fourth-order valence-corrected chi connectivity index (χ4v) is 2.12. The van der Waals surface area contributed by atoms with E-state index in [1.54, 1.807) is 0 Å². The van der Waals surface area contributed by atoms with Crippen LogP contribution in [0.2, 0.25) is 0 Å². The molecule has 3 rings (SSSR count). The number of benzene rings is 1. The van der Waals surface area contributed by atoms with Crippen molar-refractivity contribution < 1.29 is 4.79 Å². The molecule has 0 unspecified atom stereocenters. The average molecular weight is 262 g/mol. The van der Waals surface area contributed by atoms with Gasteiger partial charge >= 0.3 is 0 Å². The van der Waals surface area contributed by atoms with Gasteiger partial charge in [0.15, 0.2) is 0 Å². The zero-order chi connectivity index (χ0) is 13.8. The monoisotopic (exact) mass is 262 g/mol. The maximum Gasteiger partial charge on any atom is 0.229 e. The van der Waals surface area contributed by atoms with Gasteiger partial charge in [0.2, 0.25) is 5.91 Å². The SMILES string of the molecule is O=C(Cc1ccccc1)Nc1cc2cccccc-2n1. The molecule has 0 atom stereocenters. The van der Waals surface area contributed by atoms with Crippen LogP contribution in [0.15, 0.2) is 66.7 Å². The first-order chi connectivity index (χ1) is 9.81. The lowest BCUT2D eigenvalue weighted by Gasteiger charge is -2.01. The molecule has 0 fully saturated rings. The van der Waals surface area contributed by atoms with Crippen LogP contribution >= 0.6 is 0 Å². The Bertz CT molecular complexity index is 664. The Kier molecular flexibility index (Phi) is 3.42. The smallest absolute Gasteiger partial charge is 0.229 e. The molecule has 1 amide bonds. The summed E-state index contributed by atoms with van der Waals surface area (Å²) in [5, 5.41) is 2.84. The molecule has 0 saturated carbocycles. The van der Waals surface area contributed by atoms with Crippen LogP contribution < -0.4 is 5.32 Å². The highest BCUT2D eigenvalue weighted by Crippen LogP contribution is 2.23. The normalized spacial score (nSPS) is 10.4. The number of carbonyl (C=O) groups excluding carboxylic acids is 1. The van der Waals surface area contributed by atoms with Crippen molar-refractivity contribution in [3.05, 3.63) is 72.3 Å². The van der Waals surface area contributed by atoms with E-state index in [-0.39, 0.29) is 5.91 Å². The average Bonchev–Trinajstić information content (AvgIpc) is 2.68. The highest BCUT2D eigenvalue weighted by Gasteiger charge is 2.09. The van der Waals surface area contributed by atoms with Gasteiger partial charge < -0.3 is 5.32 Å². The van der Waals surface area contributed by atoms with Gasteiger partial charge in [0.05, 0.1) is 12.1 Å². The van der Waals surface area contributed by atoms with Gasteiger partial charge in [0.1, 0.15) is 5.82 Å². The van der Waals surface area contributed by atoms with Gasteiger partial charge in [-0.05, 0) is 17.7 Å². The lowest BCUT2D eigenvalue weighted by Crippen LogP contribution is -2.14. The van der Waals surface area contributed by atoms with Crippen LogP contribution in [0.25, 0.3) is 11.3 Å². The minimum absolute atomic E-state index is 0.0524. The molecule has 0 bridgehead atoms. The molecule has 0 aromatic heterocycles. The van der Waals surface area contributed by atoms with E-state index in [0.29, 0.717) is 12.2 Å². The number of carbonyl (C=O) groups is 1. The zero-order valence-corrected chi connectivity index (χ0v) is 10.9. The third kappa shape index (κ3) is 2.83. The lowest BCUT2D eigenvalue weighted by molar-refractivity contribution is -0.115. The second-order valence-corrected chi connectivity index (χ2v) is 4.60. The summed E-state index contributed by atoms with van der Waals surface area (Å²) in [6, 6.07) is 21.3. The Labute approximate surface area is 117 Å². The summed E-state index contributed by atoms with van der Waals surface area (Å²) in [6.07, 6.45) is 0.359. The molecule has 0 radical (unpaired) electrons. The van der Waals surface area contributed by atoms with E-state index in [0.717, 1.165) is 16.8 Å². The van der Waals surface area contributed by atoms with Crippen LogP contribution in [0.3, 0.4) is 0 Å². The second kappa shape index (κ2) is 5.53. The van der Waals surface area contributed by atoms with Crippen molar-refractivity contribution in [3.8, 4) is 11.3 Å². The van der Waals surface area contributed by atoms with Crippen LogP contribution in [0.4, 0.5) is 5.82 Å². The van der Waals surface area contributed by atoms with E-state index in [9.17, 15) is 4.79 Å². The maximum absolute atomic E-state index is 12.0. The Morgan fingerprint density at radius 2 is 1.65 bits per heavy atom. The highest BCUT2D eigenvalue weighted by molar-refractivity contribution is 5.92. The van der Waals surface area contributed by atoms with E-state index in [4.69, 9.17) is 0 Å². The molecule has 1 N–H and O–H groups in total. The lowest BCUT2D eigenvalue weighted by atomic mass is 10.1. The molecule has 1 aromatic carbocycles. The molecule has 3 heteroatoms. The maximum atomic E-state index is 12.0. The fourth-order valence-electron chi connectivity index (χ4n) is 2.12. The van der Waals surface area contributed by atoms with Crippen LogP contribution in [0.1, 0.15) is 5.56 Å². The van der Waals surface area contributed by atoms with Crippen LogP contribution in [-0.2, 0) is 11.2 Å². The van der Waals surface area contributed by atoms with E-state index in [1.165, 1.54) is 0 Å². The van der Waals surface area contributed by atoms with Gasteiger partial charge in [-0.1, -0.05) is 54.6 Å².